The van der Waals surface area contributed by atoms with E-state index < -0.39 is 11.9 Å². The Hall–Kier alpha value is -1.49. The Labute approximate surface area is 110 Å². The molecule has 0 amide bonds. The molecule has 1 unspecified atom stereocenters. The Bertz CT molecular complexity index is 577. The summed E-state index contributed by atoms with van der Waals surface area (Å²) in [6.45, 7) is 6.04. The molecule has 96 valence electrons. The number of nitrogens with zero attached hydrogens (tertiary/aromatic N) is 2. The number of carboxylic acids is 1. The summed E-state index contributed by atoms with van der Waals surface area (Å²) in [6.07, 6.45) is 2.06. The zero-order valence-electron chi connectivity index (χ0n) is 10.7. The van der Waals surface area contributed by atoms with Crippen LogP contribution in [0.4, 0.5) is 0 Å². The molecule has 0 saturated carbocycles. The van der Waals surface area contributed by atoms with Crippen LogP contribution in [0, 0.1) is 12.8 Å². The van der Waals surface area contributed by atoms with Gasteiger partial charge in [-0.3, -0.25) is 4.79 Å². The third-order valence-corrected chi connectivity index (χ3v) is 3.78. The van der Waals surface area contributed by atoms with Crippen molar-refractivity contribution < 1.29 is 9.90 Å². The first kappa shape index (κ1) is 13.0. The minimum atomic E-state index is -0.812. The zero-order valence-corrected chi connectivity index (χ0v) is 11.5. The molecule has 2 aromatic heterocycles. The van der Waals surface area contributed by atoms with E-state index in [2.05, 4.69) is 9.97 Å². The van der Waals surface area contributed by atoms with Crippen molar-refractivity contribution in [2.45, 2.75) is 33.1 Å². The van der Waals surface area contributed by atoms with Gasteiger partial charge in [0.05, 0.1) is 11.6 Å². The van der Waals surface area contributed by atoms with Crippen LogP contribution in [0.15, 0.2) is 12.4 Å². The molecule has 0 aliphatic rings. The van der Waals surface area contributed by atoms with E-state index in [1.165, 1.54) is 6.33 Å². The fourth-order valence-corrected chi connectivity index (χ4v) is 2.93. The Morgan fingerprint density at radius 2 is 2.17 bits per heavy atom. The predicted molar refractivity (Wildman–Crippen MR) is 72.0 cm³/mol. The molecule has 0 fully saturated rings. The van der Waals surface area contributed by atoms with Crippen molar-refractivity contribution in [1.82, 2.24) is 9.97 Å². The molecule has 0 radical (unpaired) electrons. The van der Waals surface area contributed by atoms with Gasteiger partial charge in [0.15, 0.2) is 0 Å². The molecule has 2 heterocycles. The highest BCUT2D eigenvalue weighted by atomic mass is 32.1. The maximum Gasteiger partial charge on any atom is 0.312 e. The first-order chi connectivity index (χ1) is 8.49. The SMILES string of the molecule is Cc1cc2c(C(CC(C)C)C(=O)O)ncnc2s1. The van der Waals surface area contributed by atoms with E-state index in [-0.39, 0.29) is 0 Å². The number of rotatable bonds is 4. The maximum absolute atomic E-state index is 11.4. The van der Waals surface area contributed by atoms with E-state index in [4.69, 9.17) is 0 Å². The van der Waals surface area contributed by atoms with Gasteiger partial charge in [-0.2, -0.15) is 0 Å². The summed E-state index contributed by atoms with van der Waals surface area (Å²) in [7, 11) is 0. The van der Waals surface area contributed by atoms with Gasteiger partial charge in [0.25, 0.3) is 0 Å². The second kappa shape index (κ2) is 5.02. The molecule has 0 spiro atoms. The second-order valence-corrected chi connectivity index (χ2v) is 6.09. The number of hydrogen-bond donors (Lipinski definition) is 1. The van der Waals surface area contributed by atoms with Crippen LogP contribution in [-0.4, -0.2) is 21.0 Å². The highest BCUT2D eigenvalue weighted by Crippen LogP contribution is 2.31. The van der Waals surface area contributed by atoms with Gasteiger partial charge in [-0.25, -0.2) is 9.97 Å². The van der Waals surface area contributed by atoms with Crippen molar-refractivity contribution in [1.29, 1.82) is 0 Å². The van der Waals surface area contributed by atoms with Crippen LogP contribution in [0.3, 0.4) is 0 Å². The van der Waals surface area contributed by atoms with Crippen molar-refractivity contribution in [3.05, 3.63) is 23.0 Å². The number of aryl methyl sites for hydroxylation is 1. The van der Waals surface area contributed by atoms with E-state index >= 15 is 0 Å². The van der Waals surface area contributed by atoms with Gasteiger partial charge in [-0.1, -0.05) is 13.8 Å². The monoisotopic (exact) mass is 264 g/mol. The summed E-state index contributed by atoms with van der Waals surface area (Å²) in [6, 6.07) is 1.98. The van der Waals surface area contributed by atoms with E-state index in [1.807, 2.05) is 26.8 Å². The molecular weight excluding hydrogens is 248 g/mol. The summed E-state index contributed by atoms with van der Waals surface area (Å²) < 4.78 is 0. The smallest absolute Gasteiger partial charge is 0.312 e. The fraction of sp³-hybridized carbons (Fsp3) is 0.462. The Morgan fingerprint density at radius 3 is 2.78 bits per heavy atom. The van der Waals surface area contributed by atoms with Crippen molar-refractivity contribution in [3.8, 4) is 0 Å². The predicted octanol–water partition coefficient (Wildman–Crippen LogP) is 3.21. The highest BCUT2D eigenvalue weighted by Gasteiger charge is 2.25. The van der Waals surface area contributed by atoms with Crippen molar-refractivity contribution in [3.63, 3.8) is 0 Å². The van der Waals surface area contributed by atoms with Crippen LogP contribution in [0.1, 0.15) is 36.8 Å². The van der Waals surface area contributed by atoms with Gasteiger partial charge < -0.3 is 5.11 Å². The molecule has 0 aliphatic carbocycles. The van der Waals surface area contributed by atoms with Crippen LogP contribution in [0.2, 0.25) is 0 Å². The molecule has 0 bridgehead atoms. The van der Waals surface area contributed by atoms with Gasteiger partial charge in [0.2, 0.25) is 0 Å². The molecule has 0 saturated heterocycles. The number of carboxylic acid groups (broad SMARTS) is 1. The Balaban J connectivity index is 2.53. The summed E-state index contributed by atoms with van der Waals surface area (Å²) in [4.78, 5) is 21.8. The lowest BCUT2D eigenvalue weighted by molar-refractivity contribution is -0.139. The lowest BCUT2D eigenvalue weighted by atomic mass is 9.92. The first-order valence-corrected chi connectivity index (χ1v) is 6.74. The largest absolute Gasteiger partial charge is 0.481 e. The normalized spacial score (nSPS) is 13.1. The summed E-state index contributed by atoms with van der Waals surface area (Å²) >= 11 is 1.57. The molecule has 18 heavy (non-hydrogen) atoms. The summed E-state index contributed by atoms with van der Waals surface area (Å²) in [5.74, 6) is -1.05. The number of hydrogen-bond acceptors (Lipinski definition) is 4. The molecule has 1 atom stereocenters. The Morgan fingerprint density at radius 1 is 1.44 bits per heavy atom. The van der Waals surface area contributed by atoms with E-state index in [9.17, 15) is 9.90 Å². The zero-order chi connectivity index (χ0) is 13.3. The summed E-state index contributed by atoms with van der Waals surface area (Å²) in [5, 5.41) is 10.3. The quantitative estimate of drug-likeness (QED) is 0.921. The van der Waals surface area contributed by atoms with E-state index in [0.29, 0.717) is 18.0 Å². The van der Waals surface area contributed by atoms with Crippen LogP contribution >= 0.6 is 11.3 Å². The third kappa shape index (κ3) is 2.51. The van der Waals surface area contributed by atoms with Crippen molar-refractivity contribution >= 4 is 27.5 Å². The number of carbonyl (C=O) groups is 1. The summed E-state index contributed by atoms with van der Waals surface area (Å²) in [5.41, 5.74) is 0.644. The van der Waals surface area contributed by atoms with Crippen LogP contribution < -0.4 is 0 Å². The fourth-order valence-electron chi connectivity index (χ4n) is 2.07. The highest BCUT2D eigenvalue weighted by molar-refractivity contribution is 7.18. The van der Waals surface area contributed by atoms with Crippen molar-refractivity contribution in [2.75, 3.05) is 0 Å². The van der Waals surface area contributed by atoms with Gasteiger partial charge in [0, 0.05) is 10.3 Å². The van der Waals surface area contributed by atoms with Crippen LogP contribution in [0.25, 0.3) is 10.2 Å². The lowest BCUT2D eigenvalue weighted by Crippen LogP contribution is -2.15. The standard InChI is InChI=1S/C13H16N2O2S/c1-7(2)4-10(13(16)17)11-9-5-8(3)18-12(9)15-6-14-11/h5-7,10H,4H2,1-3H3,(H,16,17). The number of aliphatic carboxylic acids is 1. The average Bonchev–Trinajstić information content (AvgIpc) is 2.65. The van der Waals surface area contributed by atoms with E-state index in [1.54, 1.807) is 11.3 Å². The lowest BCUT2D eigenvalue weighted by Gasteiger charge is -2.14. The maximum atomic E-state index is 11.4. The number of thiophene rings is 1. The third-order valence-electron chi connectivity index (χ3n) is 2.82. The Kier molecular flexibility index (Phi) is 3.61. The first-order valence-electron chi connectivity index (χ1n) is 5.93. The second-order valence-electron chi connectivity index (χ2n) is 4.86. The molecule has 2 rings (SSSR count). The molecule has 2 aromatic rings. The molecule has 0 aliphatic heterocycles. The van der Waals surface area contributed by atoms with Crippen LogP contribution in [-0.2, 0) is 4.79 Å². The molecule has 4 nitrogen and oxygen atoms in total. The number of fused-ring (bicyclic) bond motifs is 1. The molecule has 0 aromatic carbocycles. The minimum Gasteiger partial charge on any atom is -0.481 e. The van der Waals surface area contributed by atoms with Gasteiger partial charge in [0.1, 0.15) is 11.2 Å². The van der Waals surface area contributed by atoms with Gasteiger partial charge in [-0.15, -0.1) is 11.3 Å². The molecular formula is C13H16N2O2S. The van der Waals surface area contributed by atoms with Crippen molar-refractivity contribution in [2.24, 2.45) is 5.92 Å². The number of aromatic nitrogens is 2. The van der Waals surface area contributed by atoms with Crippen LogP contribution in [0.5, 0.6) is 0 Å². The van der Waals surface area contributed by atoms with Gasteiger partial charge in [-0.05, 0) is 25.3 Å². The van der Waals surface area contributed by atoms with E-state index in [0.717, 1.165) is 15.1 Å². The topological polar surface area (TPSA) is 63.1 Å². The minimum absolute atomic E-state index is 0.316. The molecule has 5 heteroatoms. The van der Waals surface area contributed by atoms with Gasteiger partial charge >= 0.3 is 5.97 Å². The average molecular weight is 264 g/mol. The molecule has 1 N–H and O–H groups in total.